The first-order chi connectivity index (χ1) is 15.5. The molecule has 1 amide bonds. The summed E-state index contributed by atoms with van der Waals surface area (Å²) in [6.45, 7) is 3.81. The van der Waals surface area contributed by atoms with E-state index >= 15 is 0 Å². The van der Waals surface area contributed by atoms with Gasteiger partial charge in [-0.25, -0.2) is 4.21 Å². The minimum atomic E-state index is -2.04. The minimum Gasteiger partial charge on any atom is -0.316 e. The maximum atomic E-state index is 12.6. The fourth-order valence-corrected chi connectivity index (χ4v) is 5.59. The first kappa shape index (κ1) is 22.4. The first-order valence-electron chi connectivity index (χ1n) is 10.3. The molecule has 1 aliphatic heterocycles. The molecule has 0 aliphatic carbocycles. The van der Waals surface area contributed by atoms with Gasteiger partial charge in [0.15, 0.2) is 11.1 Å². The third kappa shape index (κ3) is 4.81. The SMILES string of the molecule is CC(c1ccccc1)N1CCc2c(sc(NC(=O)Cc3ccc(S(=O)O)cc3)c2C#N)C1. The monoisotopic (exact) mass is 465 g/mol. The summed E-state index contributed by atoms with van der Waals surface area (Å²) in [6.07, 6.45) is 0.907. The predicted octanol–water partition coefficient (Wildman–Crippen LogP) is 4.50. The van der Waals surface area contributed by atoms with E-state index in [0.29, 0.717) is 15.5 Å². The predicted molar refractivity (Wildman–Crippen MR) is 126 cm³/mol. The van der Waals surface area contributed by atoms with Crippen molar-refractivity contribution < 1.29 is 13.6 Å². The average molecular weight is 466 g/mol. The molecule has 2 unspecified atom stereocenters. The maximum Gasteiger partial charge on any atom is 0.229 e. The first-order valence-corrected chi connectivity index (χ1v) is 12.2. The van der Waals surface area contributed by atoms with E-state index in [9.17, 15) is 14.3 Å². The highest BCUT2D eigenvalue weighted by atomic mass is 32.2. The highest BCUT2D eigenvalue weighted by molar-refractivity contribution is 7.79. The summed E-state index contributed by atoms with van der Waals surface area (Å²) < 4.78 is 20.2. The largest absolute Gasteiger partial charge is 0.316 e. The van der Waals surface area contributed by atoms with Crippen molar-refractivity contribution in [1.82, 2.24) is 4.90 Å². The average Bonchev–Trinajstić information content (AvgIpc) is 3.15. The molecule has 1 aromatic heterocycles. The Morgan fingerprint density at radius 1 is 1.25 bits per heavy atom. The Morgan fingerprint density at radius 2 is 1.97 bits per heavy atom. The van der Waals surface area contributed by atoms with Crippen LogP contribution < -0.4 is 5.32 Å². The molecule has 32 heavy (non-hydrogen) atoms. The summed E-state index contributed by atoms with van der Waals surface area (Å²) in [4.78, 5) is 16.4. The van der Waals surface area contributed by atoms with Crippen molar-refractivity contribution in [3.8, 4) is 6.07 Å². The molecule has 2 atom stereocenters. The molecule has 1 aliphatic rings. The molecule has 6 nitrogen and oxygen atoms in total. The molecule has 0 radical (unpaired) electrons. The number of carbonyl (C=O) groups is 1. The van der Waals surface area contributed by atoms with E-state index in [1.165, 1.54) is 29.0 Å². The Labute approximate surface area is 193 Å². The number of nitriles is 1. The number of thiophene rings is 1. The Balaban J connectivity index is 1.47. The second-order valence-electron chi connectivity index (χ2n) is 7.74. The van der Waals surface area contributed by atoms with Gasteiger partial charge in [-0.05, 0) is 42.2 Å². The highest BCUT2D eigenvalue weighted by Crippen LogP contribution is 2.38. The van der Waals surface area contributed by atoms with Crippen LogP contribution in [0.15, 0.2) is 59.5 Å². The Hall–Kier alpha value is -2.83. The van der Waals surface area contributed by atoms with E-state index in [2.05, 4.69) is 35.3 Å². The van der Waals surface area contributed by atoms with Gasteiger partial charge in [0.1, 0.15) is 11.1 Å². The molecule has 0 fully saturated rings. The molecule has 164 valence electrons. The van der Waals surface area contributed by atoms with E-state index < -0.39 is 11.1 Å². The number of hydrogen-bond donors (Lipinski definition) is 2. The molecule has 4 rings (SSSR count). The van der Waals surface area contributed by atoms with Gasteiger partial charge in [0.25, 0.3) is 0 Å². The lowest BCUT2D eigenvalue weighted by atomic mass is 10.00. The standard InChI is InChI=1S/C24H23N3O3S2/c1-16(18-5-3-2-4-6-18)27-12-11-20-21(14-25)24(31-22(20)15-27)26-23(28)13-17-7-9-19(10-8-17)32(29)30/h2-10,16H,11-13,15H2,1H3,(H,26,28)(H,29,30). The van der Waals surface area contributed by atoms with Gasteiger partial charge in [-0.15, -0.1) is 11.3 Å². The fraction of sp³-hybridized carbons (Fsp3) is 0.250. The Morgan fingerprint density at radius 3 is 2.62 bits per heavy atom. The number of nitrogens with zero attached hydrogens (tertiary/aromatic N) is 2. The number of nitrogens with one attached hydrogen (secondary N) is 1. The summed E-state index contributed by atoms with van der Waals surface area (Å²) >= 11 is -0.561. The van der Waals surface area contributed by atoms with E-state index in [1.807, 2.05) is 18.2 Å². The molecular formula is C24H23N3O3S2. The molecular weight excluding hydrogens is 442 g/mol. The lowest BCUT2D eigenvalue weighted by Gasteiger charge is -2.32. The van der Waals surface area contributed by atoms with Gasteiger partial charge < -0.3 is 9.87 Å². The van der Waals surface area contributed by atoms with Crippen LogP contribution in [0.2, 0.25) is 0 Å². The van der Waals surface area contributed by atoms with E-state index in [-0.39, 0.29) is 18.4 Å². The fourth-order valence-electron chi connectivity index (χ4n) is 3.98. The van der Waals surface area contributed by atoms with Crippen LogP contribution >= 0.6 is 11.3 Å². The summed E-state index contributed by atoms with van der Waals surface area (Å²) in [6, 6.07) is 19.3. The quantitative estimate of drug-likeness (QED) is 0.523. The van der Waals surface area contributed by atoms with Crippen LogP contribution in [0.1, 0.15) is 40.1 Å². The van der Waals surface area contributed by atoms with Gasteiger partial charge in [0.05, 0.1) is 16.9 Å². The second-order valence-corrected chi connectivity index (χ2v) is 9.82. The smallest absolute Gasteiger partial charge is 0.229 e. The van der Waals surface area contributed by atoms with Crippen LogP contribution in [0.3, 0.4) is 0 Å². The number of rotatable bonds is 6. The van der Waals surface area contributed by atoms with Crippen LogP contribution in [0.4, 0.5) is 5.00 Å². The van der Waals surface area contributed by atoms with Crippen LogP contribution in [0, 0.1) is 11.3 Å². The van der Waals surface area contributed by atoms with Gasteiger partial charge in [-0.1, -0.05) is 42.5 Å². The number of fused-ring (bicyclic) bond motifs is 1. The zero-order chi connectivity index (χ0) is 22.7. The molecule has 2 heterocycles. The number of amides is 1. The highest BCUT2D eigenvalue weighted by Gasteiger charge is 2.27. The molecule has 8 heteroatoms. The number of hydrogen-bond acceptors (Lipinski definition) is 5. The van der Waals surface area contributed by atoms with Crippen LogP contribution in [0.25, 0.3) is 0 Å². The van der Waals surface area contributed by atoms with Crippen molar-refractivity contribution >= 4 is 33.3 Å². The van der Waals surface area contributed by atoms with Gasteiger partial charge in [0.2, 0.25) is 5.91 Å². The topological polar surface area (TPSA) is 93.4 Å². The molecule has 0 bridgehead atoms. The number of anilines is 1. The molecule has 2 N–H and O–H groups in total. The Kier molecular flexibility index (Phi) is 6.82. The van der Waals surface area contributed by atoms with Crippen LogP contribution in [0.5, 0.6) is 0 Å². The van der Waals surface area contributed by atoms with Crippen LogP contribution in [-0.2, 0) is 35.3 Å². The summed E-state index contributed by atoms with van der Waals surface area (Å²) in [5, 5.41) is 13.3. The number of benzene rings is 2. The van der Waals surface area contributed by atoms with Gasteiger partial charge in [-0.3, -0.25) is 9.69 Å². The second kappa shape index (κ2) is 9.76. The third-order valence-corrected chi connectivity index (χ3v) is 7.58. The molecule has 0 saturated heterocycles. The van der Waals surface area contributed by atoms with E-state index in [4.69, 9.17) is 4.55 Å². The van der Waals surface area contributed by atoms with Gasteiger partial charge >= 0.3 is 0 Å². The van der Waals surface area contributed by atoms with Crippen molar-refractivity contribution in [1.29, 1.82) is 5.26 Å². The third-order valence-electron chi connectivity index (χ3n) is 5.77. The van der Waals surface area contributed by atoms with E-state index in [1.54, 1.807) is 12.1 Å². The summed E-state index contributed by atoms with van der Waals surface area (Å²) in [5.41, 5.74) is 3.60. The van der Waals surface area contributed by atoms with Gasteiger partial charge in [0, 0.05) is 24.0 Å². The van der Waals surface area contributed by atoms with Crippen molar-refractivity contribution in [2.75, 3.05) is 11.9 Å². The zero-order valence-corrected chi connectivity index (χ0v) is 19.2. The minimum absolute atomic E-state index is 0.128. The lowest BCUT2D eigenvalue weighted by molar-refractivity contribution is -0.115. The molecule has 2 aromatic carbocycles. The van der Waals surface area contributed by atoms with Crippen molar-refractivity contribution in [2.24, 2.45) is 0 Å². The van der Waals surface area contributed by atoms with Crippen LogP contribution in [-0.4, -0.2) is 26.1 Å². The van der Waals surface area contributed by atoms with Crippen molar-refractivity contribution in [3.05, 3.63) is 81.7 Å². The summed E-state index contributed by atoms with van der Waals surface area (Å²) in [7, 11) is 0. The van der Waals surface area contributed by atoms with Gasteiger partial charge in [-0.2, -0.15) is 5.26 Å². The Bertz CT molecular complexity index is 1180. The van der Waals surface area contributed by atoms with E-state index in [0.717, 1.165) is 35.5 Å². The normalized spacial score (nSPS) is 15.4. The number of carbonyl (C=O) groups excluding carboxylic acids is 1. The van der Waals surface area contributed by atoms with Crippen molar-refractivity contribution in [3.63, 3.8) is 0 Å². The molecule has 0 saturated carbocycles. The maximum absolute atomic E-state index is 12.6. The zero-order valence-electron chi connectivity index (χ0n) is 17.6. The summed E-state index contributed by atoms with van der Waals surface area (Å²) in [5.74, 6) is -0.215. The molecule has 0 spiro atoms. The van der Waals surface area contributed by atoms with Crippen molar-refractivity contribution in [2.45, 2.75) is 37.2 Å². The lowest BCUT2D eigenvalue weighted by Crippen LogP contribution is -2.32. The molecule has 3 aromatic rings.